The lowest BCUT2D eigenvalue weighted by atomic mass is 9.82. The molecule has 3 N–H and O–H groups in total. The van der Waals surface area contributed by atoms with Crippen molar-refractivity contribution in [2.24, 2.45) is 17.6 Å². The van der Waals surface area contributed by atoms with Crippen molar-refractivity contribution in [2.45, 2.75) is 50.3 Å². The maximum Gasteiger partial charge on any atom is 0.243 e. The van der Waals surface area contributed by atoms with Crippen LogP contribution in [0.25, 0.3) is 11.1 Å². The minimum absolute atomic E-state index is 0.0773. The van der Waals surface area contributed by atoms with Crippen molar-refractivity contribution in [2.75, 3.05) is 26.2 Å². The van der Waals surface area contributed by atoms with Gasteiger partial charge in [0.2, 0.25) is 15.9 Å². The van der Waals surface area contributed by atoms with Crippen LogP contribution < -0.4 is 11.1 Å². The van der Waals surface area contributed by atoms with E-state index in [9.17, 15) is 13.2 Å². The third-order valence-corrected chi connectivity index (χ3v) is 9.83. The predicted molar refractivity (Wildman–Crippen MR) is 158 cm³/mol. The first kappa shape index (κ1) is 29.0. The first-order valence-electron chi connectivity index (χ1n) is 14.0. The Morgan fingerprint density at radius 1 is 0.923 bits per heavy atom. The van der Waals surface area contributed by atoms with Gasteiger partial charge >= 0.3 is 0 Å². The highest BCUT2D eigenvalue weighted by atomic mass is 32.2. The molecule has 4 rings (SSSR count). The minimum atomic E-state index is -3.90. The number of carbonyl (C=O) groups is 1. The second-order valence-electron chi connectivity index (χ2n) is 10.9. The van der Waals surface area contributed by atoms with E-state index in [0.717, 1.165) is 54.5 Å². The predicted octanol–water partition coefficient (Wildman–Crippen LogP) is 5.34. The molecule has 0 saturated heterocycles. The number of nitrogens with two attached hydrogens (primary N) is 1. The van der Waals surface area contributed by atoms with Crippen LogP contribution in [0.3, 0.4) is 0 Å². The summed E-state index contributed by atoms with van der Waals surface area (Å²) in [6.45, 7) is 5.32. The fraction of sp³-hybridized carbons (Fsp3) is 0.406. The van der Waals surface area contributed by atoms with Crippen LogP contribution in [0, 0.1) is 18.8 Å². The number of nitrogens with one attached hydrogen (secondary N) is 1. The van der Waals surface area contributed by atoms with Crippen molar-refractivity contribution in [1.29, 1.82) is 0 Å². The van der Waals surface area contributed by atoms with Crippen molar-refractivity contribution in [3.63, 3.8) is 0 Å². The topological polar surface area (TPSA) is 92.5 Å². The van der Waals surface area contributed by atoms with Gasteiger partial charge in [-0.2, -0.15) is 4.31 Å². The summed E-state index contributed by atoms with van der Waals surface area (Å²) in [5, 5.41) is 3.01. The first-order valence-corrected chi connectivity index (χ1v) is 15.4. The summed E-state index contributed by atoms with van der Waals surface area (Å²) in [5.74, 6) is 0.649. The molecule has 1 aliphatic rings. The number of carbonyl (C=O) groups excluding carboxylic acids is 1. The molecule has 0 aliphatic heterocycles. The summed E-state index contributed by atoms with van der Waals surface area (Å²) >= 11 is 0. The van der Waals surface area contributed by atoms with E-state index >= 15 is 0 Å². The van der Waals surface area contributed by atoms with Crippen LogP contribution in [-0.2, 0) is 14.8 Å². The highest BCUT2D eigenvalue weighted by Gasteiger charge is 2.29. The molecule has 1 amide bonds. The molecule has 208 valence electrons. The van der Waals surface area contributed by atoms with Gasteiger partial charge in [-0.05, 0) is 91.3 Å². The van der Waals surface area contributed by atoms with Gasteiger partial charge in [0.1, 0.15) is 0 Å². The lowest BCUT2D eigenvalue weighted by Crippen LogP contribution is -2.43. The van der Waals surface area contributed by atoms with E-state index in [1.165, 1.54) is 4.31 Å². The van der Waals surface area contributed by atoms with E-state index in [-0.39, 0.29) is 29.8 Å². The number of hydrogen-bond acceptors (Lipinski definition) is 4. The van der Waals surface area contributed by atoms with Gasteiger partial charge in [0.15, 0.2) is 0 Å². The third-order valence-electron chi connectivity index (χ3n) is 8.00. The normalized spacial score (nSPS) is 18.6. The number of benzene rings is 3. The molecule has 1 fully saturated rings. The number of sulfonamides is 1. The standard InChI is InChI=1S/C32H41N3O3S/c1-24-8-6-7-11-31(24)29-16-18-30(19-17-29)39(37,38)35(22-25(2)28-9-4-3-5-10-28)23-32(36)34-21-27-14-12-26(20-33)13-15-27/h3-11,16-19,25-27H,12-15,20-23,33H2,1-2H3,(H,34,36). The summed E-state index contributed by atoms with van der Waals surface area (Å²) in [6, 6.07) is 24.8. The summed E-state index contributed by atoms with van der Waals surface area (Å²) in [7, 11) is -3.90. The van der Waals surface area contributed by atoms with Crippen LogP contribution in [-0.4, -0.2) is 44.8 Å². The first-order chi connectivity index (χ1) is 18.8. The second-order valence-corrected chi connectivity index (χ2v) is 12.8. The molecule has 0 spiro atoms. The SMILES string of the molecule is Cc1ccccc1-c1ccc(S(=O)(=O)N(CC(=O)NCC2CCC(CN)CC2)CC(C)c2ccccc2)cc1. The van der Waals surface area contributed by atoms with Crippen molar-refractivity contribution >= 4 is 15.9 Å². The Hall–Kier alpha value is -3.00. The molecule has 6 nitrogen and oxygen atoms in total. The van der Waals surface area contributed by atoms with Crippen molar-refractivity contribution in [3.05, 3.63) is 90.0 Å². The molecule has 1 saturated carbocycles. The average Bonchev–Trinajstić information content (AvgIpc) is 2.96. The zero-order valence-electron chi connectivity index (χ0n) is 23.1. The Bertz CT molecular complexity index is 1320. The molecule has 1 atom stereocenters. The molecular weight excluding hydrogens is 506 g/mol. The molecular formula is C32H41N3O3S. The molecule has 39 heavy (non-hydrogen) atoms. The molecule has 0 heterocycles. The van der Waals surface area contributed by atoms with Gasteiger partial charge in [0, 0.05) is 13.1 Å². The molecule has 3 aromatic carbocycles. The number of hydrogen-bond donors (Lipinski definition) is 2. The van der Waals surface area contributed by atoms with Gasteiger partial charge in [-0.25, -0.2) is 8.42 Å². The van der Waals surface area contributed by atoms with Gasteiger partial charge in [-0.1, -0.05) is 73.7 Å². The largest absolute Gasteiger partial charge is 0.355 e. The summed E-state index contributed by atoms with van der Waals surface area (Å²) < 4.78 is 29.0. The van der Waals surface area contributed by atoms with Gasteiger partial charge in [0.25, 0.3) is 0 Å². The van der Waals surface area contributed by atoms with Gasteiger partial charge in [0.05, 0.1) is 11.4 Å². The fourth-order valence-corrected chi connectivity index (χ4v) is 6.92. The Morgan fingerprint density at radius 3 is 2.18 bits per heavy atom. The molecule has 1 aliphatic carbocycles. The van der Waals surface area contributed by atoms with Gasteiger partial charge < -0.3 is 11.1 Å². The van der Waals surface area contributed by atoms with E-state index in [1.54, 1.807) is 12.1 Å². The maximum atomic E-state index is 13.9. The van der Waals surface area contributed by atoms with Crippen LogP contribution in [0.5, 0.6) is 0 Å². The number of amides is 1. The zero-order valence-corrected chi connectivity index (χ0v) is 23.9. The van der Waals surface area contributed by atoms with Crippen LogP contribution in [0.1, 0.15) is 49.7 Å². The minimum Gasteiger partial charge on any atom is -0.355 e. The third kappa shape index (κ3) is 7.56. The summed E-state index contributed by atoms with van der Waals surface area (Å²) in [6.07, 6.45) is 4.26. The highest BCUT2D eigenvalue weighted by Crippen LogP contribution is 2.28. The van der Waals surface area contributed by atoms with Crippen LogP contribution in [0.4, 0.5) is 0 Å². The van der Waals surface area contributed by atoms with E-state index < -0.39 is 10.0 Å². The Balaban J connectivity index is 1.50. The quantitative estimate of drug-likeness (QED) is 0.339. The van der Waals surface area contributed by atoms with Crippen molar-refractivity contribution in [1.82, 2.24) is 9.62 Å². The van der Waals surface area contributed by atoms with Crippen LogP contribution in [0.15, 0.2) is 83.8 Å². The van der Waals surface area contributed by atoms with Gasteiger partial charge in [-0.15, -0.1) is 0 Å². The average molecular weight is 548 g/mol. The molecule has 7 heteroatoms. The molecule has 0 bridgehead atoms. The monoisotopic (exact) mass is 547 g/mol. The van der Waals surface area contributed by atoms with Crippen molar-refractivity contribution < 1.29 is 13.2 Å². The molecule has 3 aromatic rings. The van der Waals surface area contributed by atoms with E-state index in [1.807, 2.05) is 80.6 Å². The smallest absolute Gasteiger partial charge is 0.243 e. The Kier molecular flexibility index (Phi) is 9.94. The highest BCUT2D eigenvalue weighted by molar-refractivity contribution is 7.89. The molecule has 1 unspecified atom stereocenters. The number of aryl methyl sites for hydroxylation is 1. The molecule has 0 radical (unpaired) electrons. The summed E-state index contributed by atoms with van der Waals surface area (Å²) in [4.78, 5) is 13.2. The van der Waals surface area contributed by atoms with Crippen molar-refractivity contribution in [3.8, 4) is 11.1 Å². The maximum absolute atomic E-state index is 13.9. The van der Waals surface area contributed by atoms with E-state index in [4.69, 9.17) is 5.73 Å². The molecule has 0 aromatic heterocycles. The number of nitrogens with zero attached hydrogens (tertiary/aromatic N) is 1. The summed E-state index contributed by atoms with van der Waals surface area (Å²) in [5.41, 5.74) is 9.99. The lowest BCUT2D eigenvalue weighted by molar-refractivity contribution is -0.121. The zero-order chi connectivity index (χ0) is 27.8. The van der Waals surface area contributed by atoms with Crippen LogP contribution in [0.2, 0.25) is 0 Å². The van der Waals surface area contributed by atoms with Gasteiger partial charge in [-0.3, -0.25) is 4.79 Å². The lowest BCUT2D eigenvalue weighted by Gasteiger charge is -2.28. The Labute approximate surface area is 233 Å². The van der Waals surface area contributed by atoms with E-state index in [0.29, 0.717) is 18.4 Å². The van der Waals surface area contributed by atoms with Crippen LogP contribution >= 0.6 is 0 Å². The fourth-order valence-electron chi connectivity index (χ4n) is 5.44. The number of rotatable bonds is 11. The Morgan fingerprint density at radius 2 is 1.54 bits per heavy atom. The second kappa shape index (κ2) is 13.4. The van der Waals surface area contributed by atoms with E-state index in [2.05, 4.69) is 5.32 Å².